The number of benzene rings is 2. The van der Waals surface area contributed by atoms with Gasteiger partial charge in [0.1, 0.15) is 0 Å². The van der Waals surface area contributed by atoms with Crippen LogP contribution in [0.4, 0.5) is 0 Å². The first-order valence-corrected chi connectivity index (χ1v) is 8.64. The molecule has 0 saturated heterocycles. The highest BCUT2D eigenvalue weighted by Crippen LogP contribution is 2.33. The first-order valence-electron chi connectivity index (χ1n) is 7.27. The monoisotopic (exact) mass is 359 g/mol. The first-order chi connectivity index (χ1) is 11.6. The zero-order chi connectivity index (χ0) is 16.9. The normalized spacial score (nSPS) is 10.7. The Bertz CT molecular complexity index is 872. The summed E-state index contributed by atoms with van der Waals surface area (Å²) in [6, 6.07) is 14.8. The number of carbonyl (C=O) groups excluding carboxylic acids is 2. The molecule has 1 heterocycles. The second-order valence-electron chi connectivity index (χ2n) is 5.05. The van der Waals surface area contributed by atoms with E-state index in [9.17, 15) is 9.59 Å². The van der Waals surface area contributed by atoms with Crippen LogP contribution < -0.4 is 0 Å². The molecule has 1 N–H and O–H groups in total. The van der Waals surface area contributed by atoms with Gasteiger partial charge in [-0.25, -0.2) is 0 Å². The molecule has 0 unspecified atom stereocenters. The number of fused-ring (bicyclic) bond motifs is 1. The number of hydrogen-bond donors (Lipinski definition) is 1. The van der Waals surface area contributed by atoms with E-state index in [1.165, 1.54) is 11.8 Å². The SMILES string of the molecule is O=C(CSc1cccc2cccc(Cl)c12)OCC(=O)c1ccc[nH]1. The molecule has 6 heteroatoms. The molecular formula is C18H14ClNO3S. The number of aromatic nitrogens is 1. The van der Waals surface area contributed by atoms with E-state index >= 15 is 0 Å². The molecule has 2 aromatic carbocycles. The van der Waals surface area contributed by atoms with Crippen molar-refractivity contribution >= 4 is 45.9 Å². The molecule has 1 aromatic heterocycles. The van der Waals surface area contributed by atoms with Crippen LogP contribution in [0, 0.1) is 0 Å². The van der Waals surface area contributed by atoms with Gasteiger partial charge in [-0.2, -0.15) is 0 Å². The molecule has 122 valence electrons. The second kappa shape index (κ2) is 7.55. The van der Waals surface area contributed by atoms with Crippen molar-refractivity contribution < 1.29 is 14.3 Å². The van der Waals surface area contributed by atoms with Gasteiger partial charge in [-0.15, -0.1) is 11.8 Å². The van der Waals surface area contributed by atoms with Crippen LogP contribution in [0.1, 0.15) is 10.5 Å². The molecule has 0 aliphatic carbocycles. The maximum Gasteiger partial charge on any atom is 0.316 e. The van der Waals surface area contributed by atoms with Gasteiger partial charge in [0, 0.05) is 21.5 Å². The molecule has 4 nitrogen and oxygen atoms in total. The van der Waals surface area contributed by atoms with Crippen LogP contribution >= 0.6 is 23.4 Å². The van der Waals surface area contributed by atoms with Crippen molar-refractivity contribution in [2.75, 3.05) is 12.4 Å². The van der Waals surface area contributed by atoms with Crippen LogP contribution in [0.2, 0.25) is 5.02 Å². The zero-order valence-electron chi connectivity index (χ0n) is 12.6. The summed E-state index contributed by atoms with van der Waals surface area (Å²) >= 11 is 7.60. The number of thioether (sulfide) groups is 1. The second-order valence-corrected chi connectivity index (χ2v) is 6.47. The summed E-state index contributed by atoms with van der Waals surface area (Å²) in [4.78, 5) is 27.3. The minimum Gasteiger partial charge on any atom is -0.457 e. The third-order valence-electron chi connectivity index (χ3n) is 3.42. The molecule has 0 bridgehead atoms. The number of rotatable bonds is 6. The summed E-state index contributed by atoms with van der Waals surface area (Å²) in [5, 5.41) is 2.58. The van der Waals surface area contributed by atoms with E-state index in [1.807, 2.05) is 36.4 Å². The standard InChI is InChI=1S/C18H14ClNO3S/c19-13-6-1-4-12-5-2-8-16(18(12)13)24-11-17(22)23-10-15(21)14-7-3-9-20-14/h1-9,20H,10-11H2. The van der Waals surface area contributed by atoms with Gasteiger partial charge in [-0.05, 0) is 29.7 Å². The van der Waals surface area contributed by atoms with E-state index in [-0.39, 0.29) is 18.1 Å². The topological polar surface area (TPSA) is 59.2 Å². The third-order valence-corrected chi connectivity index (χ3v) is 4.77. The first kappa shape index (κ1) is 16.6. The quantitative estimate of drug-likeness (QED) is 0.404. The molecule has 0 spiro atoms. The maximum absolute atomic E-state index is 11.9. The smallest absolute Gasteiger partial charge is 0.316 e. The number of ether oxygens (including phenoxy) is 1. The van der Waals surface area contributed by atoms with E-state index in [0.717, 1.165) is 15.7 Å². The Morgan fingerprint density at radius 3 is 2.62 bits per heavy atom. The van der Waals surface area contributed by atoms with Gasteiger partial charge in [-0.1, -0.05) is 35.9 Å². The van der Waals surface area contributed by atoms with Gasteiger partial charge in [0.2, 0.25) is 5.78 Å². The zero-order valence-corrected chi connectivity index (χ0v) is 14.2. The largest absolute Gasteiger partial charge is 0.457 e. The van der Waals surface area contributed by atoms with Crippen molar-refractivity contribution in [1.82, 2.24) is 4.98 Å². The number of carbonyl (C=O) groups is 2. The van der Waals surface area contributed by atoms with Crippen molar-refractivity contribution in [2.45, 2.75) is 4.90 Å². The van der Waals surface area contributed by atoms with Crippen molar-refractivity contribution in [3.63, 3.8) is 0 Å². The fourth-order valence-electron chi connectivity index (χ4n) is 2.29. The molecule has 0 aliphatic rings. The highest BCUT2D eigenvalue weighted by Gasteiger charge is 2.12. The minimum absolute atomic E-state index is 0.113. The molecule has 3 rings (SSSR count). The lowest BCUT2D eigenvalue weighted by Crippen LogP contribution is -2.15. The summed E-state index contributed by atoms with van der Waals surface area (Å²) in [6.07, 6.45) is 1.65. The van der Waals surface area contributed by atoms with Crippen molar-refractivity contribution in [3.8, 4) is 0 Å². The minimum atomic E-state index is -0.441. The molecule has 0 aliphatic heterocycles. The number of Topliss-reactive ketones (excluding diaryl/α,β-unsaturated/α-hetero) is 1. The Hall–Kier alpha value is -2.24. The molecule has 0 fully saturated rings. The highest BCUT2D eigenvalue weighted by molar-refractivity contribution is 8.00. The predicted molar refractivity (Wildman–Crippen MR) is 95.8 cm³/mol. The fraction of sp³-hybridized carbons (Fsp3) is 0.111. The number of halogens is 1. The Kier molecular flexibility index (Phi) is 5.23. The van der Waals surface area contributed by atoms with Crippen LogP contribution in [0.5, 0.6) is 0 Å². The van der Waals surface area contributed by atoms with E-state index < -0.39 is 5.97 Å². The van der Waals surface area contributed by atoms with Crippen LogP contribution in [0.25, 0.3) is 10.8 Å². The van der Waals surface area contributed by atoms with Crippen molar-refractivity contribution in [3.05, 3.63) is 65.4 Å². The van der Waals surface area contributed by atoms with Gasteiger partial charge >= 0.3 is 5.97 Å². The molecular weight excluding hydrogens is 346 g/mol. The van der Waals surface area contributed by atoms with Gasteiger partial charge in [0.05, 0.1) is 11.4 Å². The molecule has 0 radical (unpaired) electrons. The van der Waals surface area contributed by atoms with Gasteiger partial charge < -0.3 is 9.72 Å². The number of ketones is 1. The molecule has 3 aromatic rings. The summed E-state index contributed by atoms with van der Waals surface area (Å²) in [7, 11) is 0. The lowest BCUT2D eigenvalue weighted by Gasteiger charge is -2.08. The van der Waals surface area contributed by atoms with Crippen molar-refractivity contribution in [1.29, 1.82) is 0 Å². The summed E-state index contributed by atoms with van der Waals surface area (Å²) in [6.45, 7) is -0.268. The number of H-pyrrole nitrogens is 1. The number of aromatic amines is 1. The Morgan fingerprint density at radius 2 is 1.88 bits per heavy atom. The molecule has 0 saturated carbocycles. The van der Waals surface area contributed by atoms with E-state index in [4.69, 9.17) is 16.3 Å². The molecule has 0 atom stereocenters. The van der Waals surface area contributed by atoms with Crippen molar-refractivity contribution in [2.24, 2.45) is 0 Å². The lowest BCUT2D eigenvalue weighted by molar-refractivity contribution is -0.139. The lowest BCUT2D eigenvalue weighted by atomic mass is 10.1. The van der Waals surface area contributed by atoms with Crippen LogP contribution in [0.15, 0.2) is 59.6 Å². The molecule has 24 heavy (non-hydrogen) atoms. The third kappa shape index (κ3) is 3.80. The summed E-state index contributed by atoms with van der Waals surface area (Å²) < 4.78 is 5.03. The van der Waals surface area contributed by atoms with Gasteiger partial charge in [-0.3, -0.25) is 9.59 Å². The number of hydrogen-bond acceptors (Lipinski definition) is 4. The van der Waals surface area contributed by atoms with Crippen LogP contribution in [-0.4, -0.2) is 29.1 Å². The van der Waals surface area contributed by atoms with Crippen LogP contribution in [-0.2, 0) is 9.53 Å². The predicted octanol–water partition coefficient (Wildman–Crippen LogP) is 4.34. The van der Waals surface area contributed by atoms with E-state index in [2.05, 4.69) is 4.98 Å². The Morgan fingerprint density at radius 1 is 1.08 bits per heavy atom. The summed E-state index contributed by atoms with van der Waals surface area (Å²) in [5.74, 6) is -0.585. The van der Waals surface area contributed by atoms with E-state index in [0.29, 0.717) is 10.7 Å². The maximum atomic E-state index is 11.9. The van der Waals surface area contributed by atoms with E-state index in [1.54, 1.807) is 18.3 Å². The fourth-order valence-corrected chi connectivity index (χ4v) is 3.53. The summed E-state index contributed by atoms with van der Waals surface area (Å²) in [5.41, 5.74) is 0.427. The average molecular weight is 360 g/mol. The van der Waals surface area contributed by atoms with Crippen LogP contribution in [0.3, 0.4) is 0 Å². The number of nitrogens with one attached hydrogen (secondary N) is 1. The Labute approximate surface area is 148 Å². The molecule has 0 amide bonds. The highest BCUT2D eigenvalue weighted by atomic mass is 35.5. The average Bonchev–Trinajstić information content (AvgIpc) is 3.12. The van der Waals surface area contributed by atoms with Gasteiger partial charge in [0.25, 0.3) is 0 Å². The number of esters is 1. The van der Waals surface area contributed by atoms with Gasteiger partial charge in [0.15, 0.2) is 6.61 Å². The Balaban J connectivity index is 1.60.